The van der Waals surface area contributed by atoms with Crippen molar-refractivity contribution in [2.24, 2.45) is 7.05 Å². The normalized spacial score (nSPS) is 11.2. The Morgan fingerprint density at radius 2 is 1.44 bits per heavy atom. The average molecular weight is 331 g/mol. The number of fused-ring (bicyclic) bond motifs is 1. The van der Waals surface area contributed by atoms with Crippen molar-refractivity contribution >= 4 is 10.9 Å². The summed E-state index contributed by atoms with van der Waals surface area (Å²) < 4.78 is 6.86. The van der Waals surface area contributed by atoms with E-state index >= 15 is 0 Å². The van der Waals surface area contributed by atoms with Crippen LogP contribution in [0.4, 0.5) is 0 Å². The molecule has 124 valence electrons. The summed E-state index contributed by atoms with van der Waals surface area (Å²) in [6.45, 7) is 4.06. The molecule has 25 heavy (non-hydrogen) atoms. The summed E-state index contributed by atoms with van der Waals surface area (Å²) in [6, 6.07) is 16.0. The Hall–Kier alpha value is -3.21. The molecule has 0 saturated carbocycles. The van der Waals surface area contributed by atoms with Crippen LogP contribution in [-0.4, -0.2) is 14.9 Å². The highest BCUT2D eigenvalue weighted by molar-refractivity contribution is 6.00. The number of benzene rings is 2. The van der Waals surface area contributed by atoms with Crippen LogP contribution in [0.1, 0.15) is 11.1 Å². The predicted octanol–water partition coefficient (Wildman–Crippen LogP) is 3.87. The summed E-state index contributed by atoms with van der Waals surface area (Å²) in [5.41, 5.74) is 4.82. The van der Waals surface area contributed by atoms with E-state index in [0.29, 0.717) is 22.4 Å². The lowest BCUT2D eigenvalue weighted by Crippen LogP contribution is -2.20. The van der Waals surface area contributed by atoms with E-state index in [-0.39, 0.29) is 5.56 Å². The van der Waals surface area contributed by atoms with Gasteiger partial charge >= 0.3 is 0 Å². The lowest BCUT2D eigenvalue weighted by atomic mass is 10.0. The zero-order valence-corrected chi connectivity index (χ0v) is 14.3. The summed E-state index contributed by atoms with van der Waals surface area (Å²) in [5, 5.41) is 9.16. The van der Waals surface area contributed by atoms with Crippen molar-refractivity contribution in [1.29, 1.82) is 0 Å². The van der Waals surface area contributed by atoms with E-state index in [1.165, 1.54) is 4.68 Å². The third kappa shape index (κ3) is 2.54. The van der Waals surface area contributed by atoms with Gasteiger partial charge in [0.1, 0.15) is 5.69 Å². The molecule has 5 heteroatoms. The predicted molar refractivity (Wildman–Crippen MR) is 97.4 cm³/mol. The molecule has 0 aliphatic rings. The van der Waals surface area contributed by atoms with Crippen molar-refractivity contribution in [2.45, 2.75) is 13.8 Å². The Balaban J connectivity index is 2.06. The standard InChI is InChI=1S/C20H17N3O2/c1-12-4-8-14(9-5-12)17-16-18(20(24)23(3)21-17)22-25-19(16)15-10-6-13(2)7-11-15/h4-11H,1-3H3. The fourth-order valence-corrected chi connectivity index (χ4v) is 2.87. The van der Waals surface area contributed by atoms with Gasteiger partial charge in [-0.3, -0.25) is 4.79 Å². The zero-order chi connectivity index (χ0) is 17.6. The highest BCUT2D eigenvalue weighted by atomic mass is 16.5. The highest BCUT2D eigenvalue weighted by Gasteiger charge is 2.21. The number of aromatic nitrogens is 3. The Morgan fingerprint density at radius 1 is 0.880 bits per heavy atom. The summed E-state index contributed by atoms with van der Waals surface area (Å²) >= 11 is 0. The van der Waals surface area contributed by atoms with Crippen molar-refractivity contribution in [3.05, 3.63) is 70.0 Å². The molecule has 0 N–H and O–H groups in total. The van der Waals surface area contributed by atoms with E-state index in [9.17, 15) is 4.79 Å². The molecule has 0 unspecified atom stereocenters. The van der Waals surface area contributed by atoms with Gasteiger partial charge in [0.25, 0.3) is 5.56 Å². The molecule has 0 spiro atoms. The van der Waals surface area contributed by atoms with Crippen molar-refractivity contribution in [2.75, 3.05) is 0 Å². The van der Waals surface area contributed by atoms with Gasteiger partial charge < -0.3 is 4.52 Å². The minimum Gasteiger partial charge on any atom is -0.355 e. The Labute approximate surface area is 144 Å². The maximum Gasteiger partial charge on any atom is 0.296 e. The molecular weight excluding hydrogens is 314 g/mol. The summed E-state index contributed by atoms with van der Waals surface area (Å²) in [4.78, 5) is 12.4. The lowest BCUT2D eigenvalue weighted by molar-refractivity contribution is 0.440. The molecule has 0 aliphatic heterocycles. The van der Waals surface area contributed by atoms with Crippen LogP contribution in [0.25, 0.3) is 33.5 Å². The molecule has 0 saturated heterocycles. The minimum atomic E-state index is -0.270. The van der Waals surface area contributed by atoms with E-state index in [1.807, 2.05) is 62.4 Å². The number of rotatable bonds is 2. The van der Waals surface area contributed by atoms with Crippen molar-refractivity contribution in [1.82, 2.24) is 14.9 Å². The van der Waals surface area contributed by atoms with Gasteiger partial charge in [-0.2, -0.15) is 5.10 Å². The maximum atomic E-state index is 12.4. The number of hydrogen-bond acceptors (Lipinski definition) is 4. The van der Waals surface area contributed by atoms with Gasteiger partial charge in [-0.15, -0.1) is 0 Å². The minimum absolute atomic E-state index is 0.270. The smallest absolute Gasteiger partial charge is 0.296 e. The average Bonchev–Trinajstić information content (AvgIpc) is 3.05. The van der Waals surface area contributed by atoms with Crippen molar-refractivity contribution in [3.63, 3.8) is 0 Å². The molecule has 0 amide bonds. The van der Waals surface area contributed by atoms with Crippen LogP contribution in [-0.2, 0) is 7.05 Å². The van der Waals surface area contributed by atoms with E-state index < -0.39 is 0 Å². The Bertz CT molecular complexity index is 1120. The van der Waals surface area contributed by atoms with Crippen LogP contribution in [0.2, 0.25) is 0 Å². The van der Waals surface area contributed by atoms with E-state index in [0.717, 1.165) is 22.3 Å². The maximum absolute atomic E-state index is 12.4. The van der Waals surface area contributed by atoms with Gasteiger partial charge in [0.15, 0.2) is 11.3 Å². The van der Waals surface area contributed by atoms with E-state index in [2.05, 4.69) is 10.3 Å². The molecule has 2 heterocycles. The van der Waals surface area contributed by atoms with Crippen molar-refractivity contribution in [3.8, 4) is 22.6 Å². The van der Waals surface area contributed by atoms with Crippen LogP contribution in [0.5, 0.6) is 0 Å². The molecule has 4 aromatic rings. The largest absolute Gasteiger partial charge is 0.355 e. The third-order valence-electron chi connectivity index (χ3n) is 4.31. The SMILES string of the molecule is Cc1ccc(-c2nn(C)c(=O)c3noc(-c4ccc(C)cc4)c23)cc1. The first-order valence-electron chi connectivity index (χ1n) is 8.05. The molecule has 0 aliphatic carbocycles. The zero-order valence-electron chi connectivity index (χ0n) is 14.3. The van der Waals surface area contributed by atoms with Gasteiger partial charge in [-0.1, -0.05) is 64.8 Å². The molecule has 2 aromatic heterocycles. The second-order valence-corrected chi connectivity index (χ2v) is 6.24. The van der Waals surface area contributed by atoms with Gasteiger partial charge in [0.05, 0.1) is 5.39 Å². The summed E-state index contributed by atoms with van der Waals surface area (Å²) in [7, 11) is 1.62. The lowest BCUT2D eigenvalue weighted by Gasteiger charge is -2.06. The number of nitrogens with zero attached hydrogens (tertiary/aromatic N) is 3. The molecule has 0 fully saturated rings. The van der Waals surface area contributed by atoms with Gasteiger partial charge in [0.2, 0.25) is 0 Å². The third-order valence-corrected chi connectivity index (χ3v) is 4.31. The first kappa shape index (κ1) is 15.3. The molecular formula is C20H17N3O2. The van der Waals surface area contributed by atoms with Gasteiger partial charge in [-0.25, -0.2) is 4.68 Å². The fraction of sp³-hybridized carbons (Fsp3) is 0.150. The number of hydrogen-bond donors (Lipinski definition) is 0. The molecule has 0 atom stereocenters. The van der Waals surface area contributed by atoms with E-state index in [4.69, 9.17) is 4.52 Å². The number of aryl methyl sites for hydroxylation is 3. The molecule has 0 bridgehead atoms. The van der Waals surface area contributed by atoms with Gasteiger partial charge in [-0.05, 0) is 13.8 Å². The summed E-state index contributed by atoms with van der Waals surface area (Å²) in [6.07, 6.45) is 0. The quantitative estimate of drug-likeness (QED) is 0.559. The van der Waals surface area contributed by atoms with Gasteiger partial charge in [0, 0.05) is 18.2 Å². The van der Waals surface area contributed by atoms with Crippen LogP contribution >= 0.6 is 0 Å². The Kier molecular flexibility index (Phi) is 3.50. The second kappa shape index (κ2) is 5.70. The summed E-state index contributed by atoms with van der Waals surface area (Å²) in [5.74, 6) is 0.566. The fourth-order valence-electron chi connectivity index (χ4n) is 2.87. The molecule has 2 aromatic carbocycles. The van der Waals surface area contributed by atoms with Crippen LogP contribution < -0.4 is 5.56 Å². The molecule has 4 rings (SSSR count). The van der Waals surface area contributed by atoms with E-state index in [1.54, 1.807) is 7.05 Å². The second-order valence-electron chi connectivity index (χ2n) is 6.24. The first-order chi connectivity index (χ1) is 12.0. The van der Waals surface area contributed by atoms with Crippen LogP contribution in [0, 0.1) is 13.8 Å². The Morgan fingerprint density at radius 3 is 2.04 bits per heavy atom. The molecule has 0 radical (unpaired) electrons. The first-order valence-corrected chi connectivity index (χ1v) is 8.05. The van der Waals surface area contributed by atoms with Crippen LogP contribution in [0.15, 0.2) is 57.8 Å². The van der Waals surface area contributed by atoms with Crippen LogP contribution in [0.3, 0.4) is 0 Å². The topological polar surface area (TPSA) is 60.9 Å². The molecule has 5 nitrogen and oxygen atoms in total. The van der Waals surface area contributed by atoms with Crippen molar-refractivity contribution < 1.29 is 4.52 Å². The highest BCUT2D eigenvalue weighted by Crippen LogP contribution is 2.33. The monoisotopic (exact) mass is 331 g/mol.